The Bertz CT molecular complexity index is 960. The van der Waals surface area contributed by atoms with Crippen LogP contribution in [0.2, 0.25) is 5.02 Å². The molecule has 3 rings (SSSR count). The van der Waals surface area contributed by atoms with Crippen LogP contribution in [-0.4, -0.2) is 26.4 Å². The van der Waals surface area contributed by atoms with Crippen LogP contribution in [0, 0.1) is 6.92 Å². The number of thioether (sulfide) groups is 1. The summed E-state index contributed by atoms with van der Waals surface area (Å²) in [5, 5.41) is 12.5. The number of hydrogen-bond acceptors (Lipinski definition) is 4. The molecule has 8 heteroatoms. The van der Waals surface area contributed by atoms with E-state index in [1.807, 2.05) is 42.8 Å². The number of benzene rings is 2. The summed E-state index contributed by atoms with van der Waals surface area (Å²) >= 11 is 10.7. The summed E-state index contributed by atoms with van der Waals surface area (Å²) in [5.74, 6) is 0.882. The molecule has 0 bridgehead atoms. The molecule has 0 unspecified atom stereocenters. The van der Waals surface area contributed by atoms with E-state index in [1.54, 1.807) is 18.2 Å². The van der Waals surface area contributed by atoms with Crippen LogP contribution in [-0.2, 0) is 11.8 Å². The number of amides is 1. The molecule has 0 aliphatic heterocycles. The molecule has 0 saturated carbocycles. The number of hydrogen-bond donors (Lipinski definition) is 1. The first-order valence-electron chi connectivity index (χ1n) is 7.79. The summed E-state index contributed by atoms with van der Waals surface area (Å²) in [6.45, 7) is 2.04. The van der Waals surface area contributed by atoms with Gasteiger partial charge in [0.15, 0.2) is 11.0 Å². The molecule has 26 heavy (non-hydrogen) atoms. The van der Waals surface area contributed by atoms with E-state index < -0.39 is 0 Å². The van der Waals surface area contributed by atoms with Crippen LogP contribution in [0.5, 0.6) is 0 Å². The normalized spacial score (nSPS) is 10.8. The molecule has 0 aliphatic rings. The van der Waals surface area contributed by atoms with Crippen molar-refractivity contribution in [2.24, 2.45) is 7.05 Å². The van der Waals surface area contributed by atoms with Gasteiger partial charge in [-0.1, -0.05) is 47.6 Å². The Morgan fingerprint density at radius 1 is 1.27 bits per heavy atom. The van der Waals surface area contributed by atoms with Crippen molar-refractivity contribution < 1.29 is 4.79 Å². The number of aryl methyl sites for hydroxylation is 1. The number of nitrogens with one attached hydrogen (secondary N) is 1. The second-order valence-corrected chi connectivity index (χ2v) is 7.85. The lowest BCUT2D eigenvalue weighted by atomic mass is 10.1. The molecular weight excluding hydrogens is 436 g/mol. The number of aromatic nitrogens is 3. The van der Waals surface area contributed by atoms with Crippen molar-refractivity contribution in [3.05, 3.63) is 57.5 Å². The van der Waals surface area contributed by atoms with E-state index in [4.69, 9.17) is 11.6 Å². The standard InChI is InChI=1S/C18H16BrClN4OS/c1-11-5-3-4-6-13(11)17-22-23-18(24(17)2)26-10-16(25)21-12-7-8-14(19)15(20)9-12/h3-9H,10H2,1-2H3,(H,21,25). The first-order chi connectivity index (χ1) is 12.5. The van der Waals surface area contributed by atoms with E-state index >= 15 is 0 Å². The molecule has 5 nitrogen and oxygen atoms in total. The van der Waals surface area contributed by atoms with E-state index in [1.165, 1.54) is 11.8 Å². The van der Waals surface area contributed by atoms with Gasteiger partial charge in [0.1, 0.15) is 0 Å². The quantitative estimate of drug-likeness (QED) is 0.558. The van der Waals surface area contributed by atoms with Gasteiger partial charge in [0.05, 0.1) is 10.8 Å². The zero-order valence-corrected chi connectivity index (χ0v) is 17.3. The molecule has 134 valence electrons. The van der Waals surface area contributed by atoms with Gasteiger partial charge >= 0.3 is 0 Å². The maximum atomic E-state index is 12.2. The van der Waals surface area contributed by atoms with Crippen LogP contribution in [0.3, 0.4) is 0 Å². The fraction of sp³-hybridized carbons (Fsp3) is 0.167. The number of halogens is 2. The fourth-order valence-corrected chi connectivity index (χ4v) is 3.54. The van der Waals surface area contributed by atoms with E-state index in [9.17, 15) is 4.79 Å². The van der Waals surface area contributed by atoms with Gasteiger partial charge in [0.25, 0.3) is 0 Å². The van der Waals surface area contributed by atoms with Crippen LogP contribution in [0.4, 0.5) is 5.69 Å². The average Bonchev–Trinajstić information content (AvgIpc) is 2.97. The summed E-state index contributed by atoms with van der Waals surface area (Å²) in [4.78, 5) is 12.2. The monoisotopic (exact) mass is 450 g/mol. The molecule has 1 aromatic heterocycles. The number of carbonyl (C=O) groups excluding carboxylic acids is 1. The maximum absolute atomic E-state index is 12.2. The number of rotatable bonds is 5. The van der Waals surface area contributed by atoms with Crippen LogP contribution >= 0.6 is 39.3 Å². The van der Waals surface area contributed by atoms with Crippen molar-refractivity contribution >= 4 is 50.9 Å². The molecular formula is C18H16BrClN4OS. The SMILES string of the molecule is Cc1ccccc1-c1nnc(SCC(=O)Nc2ccc(Br)c(Cl)c2)n1C. The average molecular weight is 452 g/mol. The van der Waals surface area contributed by atoms with Crippen LogP contribution < -0.4 is 5.32 Å². The van der Waals surface area contributed by atoms with Gasteiger partial charge in [-0.15, -0.1) is 10.2 Å². The minimum Gasteiger partial charge on any atom is -0.325 e. The summed E-state index contributed by atoms with van der Waals surface area (Å²) in [7, 11) is 1.90. The highest BCUT2D eigenvalue weighted by Gasteiger charge is 2.14. The highest BCUT2D eigenvalue weighted by Crippen LogP contribution is 2.27. The molecule has 0 radical (unpaired) electrons. The van der Waals surface area contributed by atoms with Crippen LogP contribution in [0.15, 0.2) is 52.1 Å². The predicted molar refractivity (Wildman–Crippen MR) is 110 cm³/mol. The molecule has 3 aromatic rings. The van der Waals surface area contributed by atoms with Crippen molar-refractivity contribution in [2.45, 2.75) is 12.1 Å². The Balaban J connectivity index is 1.66. The highest BCUT2D eigenvalue weighted by atomic mass is 79.9. The van der Waals surface area contributed by atoms with Gasteiger partial charge in [-0.05, 0) is 46.6 Å². The molecule has 0 fully saturated rings. The van der Waals surface area contributed by atoms with Gasteiger partial charge < -0.3 is 9.88 Å². The third-order valence-corrected chi connectivity index (χ3v) is 6.01. The Morgan fingerprint density at radius 2 is 2.04 bits per heavy atom. The second kappa shape index (κ2) is 8.24. The Labute approximate surface area is 169 Å². The molecule has 0 aliphatic carbocycles. The van der Waals surface area contributed by atoms with E-state index in [0.717, 1.165) is 21.4 Å². The minimum absolute atomic E-state index is 0.131. The van der Waals surface area contributed by atoms with Crippen molar-refractivity contribution in [1.29, 1.82) is 0 Å². The molecule has 0 atom stereocenters. The second-order valence-electron chi connectivity index (χ2n) is 5.65. The topological polar surface area (TPSA) is 59.8 Å². The van der Waals surface area contributed by atoms with Gasteiger partial charge in [-0.3, -0.25) is 4.79 Å². The van der Waals surface area contributed by atoms with E-state index in [2.05, 4.69) is 31.4 Å². The molecule has 1 heterocycles. The van der Waals surface area contributed by atoms with E-state index in [-0.39, 0.29) is 11.7 Å². The van der Waals surface area contributed by atoms with Crippen molar-refractivity contribution in [3.63, 3.8) is 0 Å². The van der Waals surface area contributed by atoms with Gasteiger partial charge in [-0.25, -0.2) is 0 Å². The summed E-state index contributed by atoms with van der Waals surface area (Å²) in [5.41, 5.74) is 2.81. The smallest absolute Gasteiger partial charge is 0.234 e. The largest absolute Gasteiger partial charge is 0.325 e. The van der Waals surface area contributed by atoms with Crippen molar-refractivity contribution in [3.8, 4) is 11.4 Å². The predicted octanol–water partition coefficient (Wildman–Crippen LogP) is 4.94. The number of carbonyl (C=O) groups is 1. The maximum Gasteiger partial charge on any atom is 0.234 e. The van der Waals surface area contributed by atoms with Crippen molar-refractivity contribution in [1.82, 2.24) is 14.8 Å². The molecule has 1 amide bonds. The Kier molecular flexibility index (Phi) is 6.01. The highest BCUT2D eigenvalue weighted by molar-refractivity contribution is 9.10. The van der Waals surface area contributed by atoms with E-state index in [0.29, 0.717) is 15.9 Å². The van der Waals surface area contributed by atoms with Crippen LogP contribution in [0.1, 0.15) is 5.56 Å². The first kappa shape index (κ1) is 18.9. The van der Waals surface area contributed by atoms with Gasteiger partial charge in [0, 0.05) is 22.8 Å². The number of nitrogens with zero attached hydrogens (tertiary/aromatic N) is 3. The first-order valence-corrected chi connectivity index (χ1v) is 9.94. The minimum atomic E-state index is -0.131. The number of anilines is 1. The molecule has 0 spiro atoms. The zero-order chi connectivity index (χ0) is 18.7. The molecule has 1 N–H and O–H groups in total. The summed E-state index contributed by atoms with van der Waals surface area (Å²) in [6.07, 6.45) is 0. The zero-order valence-electron chi connectivity index (χ0n) is 14.2. The lowest BCUT2D eigenvalue weighted by molar-refractivity contribution is -0.113. The lowest BCUT2D eigenvalue weighted by Gasteiger charge is -2.07. The lowest BCUT2D eigenvalue weighted by Crippen LogP contribution is -2.14. The fourth-order valence-electron chi connectivity index (χ4n) is 2.40. The summed E-state index contributed by atoms with van der Waals surface area (Å²) < 4.78 is 2.69. The van der Waals surface area contributed by atoms with Crippen molar-refractivity contribution in [2.75, 3.05) is 11.1 Å². The molecule has 0 saturated heterocycles. The van der Waals surface area contributed by atoms with Gasteiger partial charge in [-0.2, -0.15) is 0 Å². The Hall–Kier alpha value is -1.83. The van der Waals surface area contributed by atoms with Crippen LogP contribution in [0.25, 0.3) is 11.4 Å². The third kappa shape index (κ3) is 4.28. The van der Waals surface area contributed by atoms with Gasteiger partial charge in [0.2, 0.25) is 5.91 Å². The molecule has 2 aromatic carbocycles. The third-order valence-electron chi connectivity index (χ3n) is 3.76. The Morgan fingerprint density at radius 3 is 2.77 bits per heavy atom. The summed E-state index contributed by atoms with van der Waals surface area (Å²) in [6, 6.07) is 13.3.